The number of halogens is 3. The fourth-order valence-electron chi connectivity index (χ4n) is 7.78. The number of amides is 2. The zero-order valence-corrected chi connectivity index (χ0v) is 27.2. The van der Waals surface area contributed by atoms with Crippen molar-refractivity contribution >= 4 is 29.8 Å². The summed E-state index contributed by atoms with van der Waals surface area (Å²) in [5, 5.41) is 15.8. The number of alkyl halides is 3. The van der Waals surface area contributed by atoms with Gasteiger partial charge in [-0.05, 0) is 28.3 Å². The molecule has 51 heavy (non-hydrogen) atoms. The molecule has 2 aliphatic carbocycles. The first-order valence-electron chi connectivity index (χ1n) is 16.6. The number of rotatable bonds is 11. The Hall–Kier alpha value is -4.35. The Labute approximate surface area is 289 Å². The highest BCUT2D eigenvalue weighted by molar-refractivity contribution is 5.94. The maximum Gasteiger partial charge on any atom is 0.422 e. The number of fused-ring (bicyclic) bond motifs is 5. The molecular formula is C35H36F3N3O10. The van der Waals surface area contributed by atoms with Crippen molar-refractivity contribution in [3.63, 3.8) is 0 Å². The lowest BCUT2D eigenvalue weighted by molar-refractivity contribution is -0.217. The minimum Gasteiger partial charge on any atom is -0.458 e. The van der Waals surface area contributed by atoms with Crippen LogP contribution in [0.5, 0.6) is 0 Å². The molecule has 1 saturated carbocycles. The Balaban J connectivity index is 1.12. The van der Waals surface area contributed by atoms with Crippen LogP contribution in [0.25, 0.3) is 6.08 Å². The molecule has 1 spiro atoms. The second-order valence-corrected chi connectivity index (χ2v) is 13.3. The van der Waals surface area contributed by atoms with E-state index in [1.165, 1.54) is 11.1 Å². The standard InChI is InChI=1S/C35H36F3N3O10/c36-35(37,38)19-47-26(44)10-9-20-5-7-21(8-6-20)18-41-29-31(45)48-24-17-34(29,32(46)40-12-11-25(43)39-13-14-42)30(51-41)28-27(24)49-33(50-28)15-22-3-1-2-4-23(22)16-33/h1-10,24,27-30,42H,11-19H2,(H,39,43)(H,40,46). The molecule has 4 fully saturated rings. The summed E-state index contributed by atoms with van der Waals surface area (Å²) in [5.74, 6) is -3.70. The van der Waals surface area contributed by atoms with Gasteiger partial charge in [-0.3, -0.25) is 19.2 Å². The van der Waals surface area contributed by atoms with Gasteiger partial charge in [-0.25, -0.2) is 4.79 Å². The number of carbonyl (C=O) groups excluding carboxylic acids is 4. The van der Waals surface area contributed by atoms with Gasteiger partial charge in [-0.15, -0.1) is 0 Å². The molecule has 2 bridgehead atoms. The number of aliphatic hydroxyl groups is 1. The third kappa shape index (κ3) is 6.85. The van der Waals surface area contributed by atoms with E-state index in [-0.39, 0.29) is 45.0 Å². The fourth-order valence-corrected chi connectivity index (χ4v) is 7.78. The van der Waals surface area contributed by atoms with Crippen molar-refractivity contribution in [2.75, 3.05) is 26.3 Å². The molecule has 3 N–H and O–H groups in total. The topological polar surface area (TPSA) is 162 Å². The Kier molecular flexibility index (Phi) is 9.39. The highest BCUT2D eigenvalue weighted by atomic mass is 19.4. The number of hydrogen-bond acceptors (Lipinski definition) is 11. The molecular weight excluding hydrogens is 679 g/mol. The number of ether oxygens (including phenoxy) is 4. The molecule has 5 aliphatic rings. The molecule has 6 atom stereocenters. The number of hydroxylamine groups is 2. The molecule has 0 aromatic heterocycles. The first-order valence-corrected chi connectivity index (χ1v) is 16.6. The average Bonchev–Trinajstić information content (AvgIpc) is 3.77. The number of esters is 2. The zero-order valence-electron chi connectivity index (χ0n) is 27.2. The largest absolute Gasteiger partial charge is 0.458 e. The van der Waals surface area contributed by atoms with Crippen LogP contribution >= 0.6 is 0 Å². The van der Waals surface area contributed by atoms with Crippen LogP contribution in [0.2, 0.25) is 0 Å². The first-order chi connectivity index (χ1) is 24.4. The van der Waals surface area contributed by atoms with E-state index in [2.05, 4.69) is 15.4 Å². The number of nitrogens with zero attached hydrogens (tertiary/aromatic N) is 1. The summed E-state index contributed by atoms with van der Waals surface area (Å²) in [5.41, 5.74) is 1.85. The van der Waals surface area contributed by atoms with E-state index in [1.807, 2.05) is 24.3 Å². The van der Waals surface area contributed by atoms with Crippen molar-refractivity contribution in [1.82, 2.24) is 15.7 Å². The summed E-state index contributed by atoms with van der Waals surface area (Å²) in [7, 11) is 0. The van der Waals surface area contributed by atoms with Gasteiger partial charge in [-0.1, -0.05) is 48.5 Å². The van der Waals surface area contributed by atoms with Crippen molar-refractivity contribution in [1.29, 1.82) is 0 Å². The first kappa shape index (κ1) is 35.1. The summed E-state index contributed by atoms with van der Waals surface area (Å²) in [6.45, 7) is -1.83. The molecule has 6 unspecified atom stereocenters. The van der Waals surface area contributed by atoms with E-state index in [0.29, 0.717) is 24.0 Å². The SMILES string of the molecule is O=C(CCNC(=O)C12CC3OC(=O)C1N(Cc1ccc(C=CC(=O)OCC(F)(F)F)cc1)OC2C1OC2(Cc4ccccc4C2)OC31)NCCO. The number of hydrogen-bond donors (Lipinski definition) is 3. The predicted octanol–water partition coefficient (Wildman–Crippen LogP) is 1.50. The quantitative estimate of drug-likeness (QED) is 0.229. The average molecular weight is 716 g/mol. The maximum absolute atomic E-state index is 14.3. The predicted molar refractivity (Wildman–Crippen MR) is 168 cm³/mol. The van der Waals surface area contributed by atoms with Crippen molar-refractivity contribution in [2.24, 2.45) is 5.41 Å². The van der Waals surface area contributed by atoms with Gasteiger partial charge in [0.1, 0.15) is 29.8 Å². The normalized spacial score (nSPS) is 28.7. The lowest BCUT2D eigenvalue weighted by Gasteiger charge is -2.48. The zero-order chi connectivity index (χ0) is 36.0. The molecule has 13 nitrogen and oxygen atoms in total. The van der Waals surface area contributed by atoms with E-state index in [9.17, 15) is 32.3 Å². The minimum atomic E-state index is -4.63. The van der Waals surface area contributed by atoms with Gasteiger partial charge < -0.3 is 34.7 Å². The highest BCUT2D eigenvalue weighted by Gasteiger charge is 2.76. The van der Waals surface area contributed by atoms with Crippen molar-refractivity contribution in [3.8, 4) is 0 Å². The second kappa shape index (κ2) is 13.7. The Morgan fingerprint density at radius 1 is 1.00 bits per heavy atom. The van der Waals surface area contributed by atoms with Gasteiger partial charge in [0.15, 0.2) is 18.4 Å². The van der Waals surface area contributed by atoms with Gasteiger partial charge >= 0.3 is 18.1 Å². The van der Waals surface area contributed by atoms with Crippen LogP contribution in [0.1, 0.15) is 35.1 Å². The van der Waals surface area contributed by atoms with Crippen LogP contribution in [-0.2, 0) is 62.3 Å². The summed E-state index contributed by atoms with van der Waals surface area (Å²) in [4.78, 5) is 58.5. The molecule has 7 rings (SSSR count). The third-order valence-electron chi connectivity index (χ3n) is 9.89. The number of benzene rings is 2. The van der Waals surface area contributed by atoms with E-state index >= 15 is 0 Å². The molecule has 2 aromatic carbocycles. The second-order valence-electron chi connectivity index (χ2n) is 13.3. The Bertz CT molecular complexity index is 1690. The van der Waals surface area contributed by atoms with Crippen LogP contribution in [-0.4, -0.2) is 103 Å². The molecule has 3 saturated heterocycles. The molecule has 0 radical (unpaired) electrons. The van der Waals surface area contributed by atoms with Crippen molar-refractivity contribution in [2.45, 2.75) is 74.6 Å². The highest BCUT2D eigenvalue weighted by Crippen LogP contribution is 2.58. The maximum atomic E-state index is 14.3. The monoisotopic (exact) mass is 715 g/mol. The third-order valence-corrected chi connectivity index (χ3v) is 9.89. The lowest BCUT2D eigenvalue weighted by Crippen LogP contribution is -2.69. The van der Waals surface area contributed by atoms with E-state index < -0.39 is 72.3 Å². The summed E-state index contributed by atoms with van der Waals surface area (Å²) in [6.07, 6.45) is -4.68. The summed E-state index contributed by atoms with van der Waals surface area (Å²) in [6, 6.07) is 13.3. The molecule has 3 aliphatic heterocycles. The molecule has 3 heterocycles. The van der Waals surface area contributed by atoms with Crippen molar-refractivity contribution < 1.29 is 61.2 Å². The van der Waals surface area contributed by atoms with Crippen LogP contribution < -0.4 is 10.6 Å². The number of carbonyl (C=O) groups is 4. The van der Waals surface area contributed by atoms with E-state index in [0.717, 1.165) is 17.2 Å². The lowest BCUT2D eigenvalue weighted by atomic mass is 9.62. The van der Waals surface area contributed by atoms with Crippen molar-refractivity contribution in [3.05, 3.63) is 76.9 Å². The van der Waals surface area contributed by atoms with E-state index in [4.69, 9.17) is 24.2 Å². The Morgan fingerprint density at radius 3 is 2.39 bits per heavy atom. The van der Waals surface area contributed by atoms with Crippen LogP contribution in [0.3, 0.4) is 0 Å². The van der Waals surface area contributed by atoms with Gasteiger partial charge in [0.25, 0.3) is 0 Å². The fraction of sp³-hybridized carbons (Fsp3) is 0.486. The number of nitrogens with one attached hydrogen (secondary N) is 2. The molecule has 272 valence electrons. The number of aliphatic hydroxyl groups excluding tert-OH is 1. The summed E-state index contributed by atoms with van der Waals surface area (Å²) < 4.78 is 60.5. The van der Waals surface area contributed by atoms with Crippen LogP contribution in [0.15, 0.2) is 54.6 Å². The Morgan fingerprint density at radius 2 is 1.71 bits per heavy atom. The van der Waals surface area contributed by atoms with Crippen LogP contribution in [0, 0.1) is 5.41 Å². The minimum absolute atomic E-state index is 0.0274. The van der Waals surface area contributed by atoms with Gasteiger partial charge in [0.05, 0.1) is 13.2 Å². The molecule has 2 amide bonds. The van der Waals surface area contributed by atoms with E-state index in [1.54, 1.807) is 24.3 Å². The molecule has 16 heteroatoms. The summed E-state index contributed by atoms with van der Waals surface area (Å²) >= 11 is 0. The molecule has 2 aromatic rings. The smallest absolute Gasteiger partial charge is 0.422 e. The van der Waals surface area contributed by atoms with Crippen LogP contribution in [0.4, 0.5) is 13.2 Å². The van der Waals surface area contributed by atoms with Gasteiger partial charge in [-0.2, -0.15) is 18.2 Å². The van der Waals surface area contributed by atoms with Gasteiger partial charge in [0.2, 0.25) is 11.8 Å². The van der Waals surface area contributed by atoms with Gasteiger partial charge in [0, 0.05) is 44.8 Å².